The van der Waals surface area contributed by atoms with Crippen LogP contribution in [0, 0.1) is 11.8 Å². The third-order valence-electron chi connectivity index (χ3n) is 3.87. The molecule has 0 aromatic heterocycles. The molecule has 1 aliphatic carbocycles. The smallest absolute Gasteiger partial charge is 0.214 e. The number of piperidine rings is 1. The first kappa shape index (κ1) is 13.3. The zero-order valence-electron chi connectivity index (χ0n) is 10.9. The largest absolute Gasteiger partial charge is 0.314 e. The Morgan fingerprint density at radius 3 is 2.53 bits per heavy atom. The van der Waals surface area contributed by atoms with E-state index in [0.29, 0.717) is 36.7 Å². The van der Waals surface area contributed by atoms with Gasteiger partial charge in [0.15, 0.2) is 0 Å². The molecule has 5 heteroatoms. The van der Waals surface area contributed by atoms with Crippen molar-refractivity contribution in [2.75, 3.05) is 25.4 Å². The third kappa shape index (κ3) is 3.42. The van der Waals surface area contributed by atoms with Gasteiger partial charge in [-0.1, -0.05) is 13.8 Å². The Morgan fingerprint density at radius 2 is 2.00 bits per heavy atom. The van der Waals surface area contributed by atoms with E-state index >= 15 is 0 Å². The molecule has 2 fully saturated rings. The van der Waals surface area contributed by atoms with E-state index in [-0.39, 0.29) is 0 Å². The topological polar surface area (TPSA) is 49.4 Å². The summed E-state index contributed by atoms with van der Waals surface area (Å²) in [5.74, 6) is 1.24. The van der Waals surface area contributed by atoms with Gasteiger partial charge in [-0.25, -0.2) is 12.7 Å². The van der Waals surface area contributed by atoms with Gasteiger partial charge in [-0.05, 0) is 37.6 Å². The summed E-state index contributed by atoms with van der Waals surface area (Å²) in [6.45, 7) is 6.59. The molecule has 100 valence electrons. The molecule has 1 saturated heterocycles. The SMILES string of the molecule is CCNC1CCN(S(=O)(=O)CC2CC2)CC1C. The summed E-state index contributed by atoms with van der Waals surface area (Å²) in [6.07, 6.45) is 3.14. The first-order valence-corrected chi connectivity index (χ1v) is 8.35. The van der Waals surface area contributed by atoms with Crippen molar-refractivity contribution < 1.29 is 8.42 Å². The minimum absolute atomic E-state index is 0.381. The van der Waals surface area contributed by atoms with Crippen LogP contribution in [0.5, 0.6) is 0 Å². The van der Waals surface area contributed by atoms with Crippen molar-refractivity contribution in [3.8, 4) is 0 Å². The quantitative estimate of drug-likeness (QED) is 0.804. The monoisotopic (exact) mass is 260 g/mol. The van der Waals surface area contributed by atoms with E-state index in [2.05, 4.69) is 19.2 Å². The normalized spacial score (nSPS) is 31.6. The van der Waals surface area contributed by atoms with Gasteiger partial charge in [0.1, 0.15) is 0 Å². The average molecular weight is 260 g/mol. The summed E-state index contributed by atoms with van der Waals surface area (Å²) in [7, 11) is -2.99. The molecule has 17 heavy (non-hydrogen) atoms. The number of hydrogen-bond acceptors (Lipinski definition) is 3. The van der Waals surface area contributed by atoms with Crippen molar-refractivity contribution >= 4 is 10.0 Å². The second-order valence-electron chi connectivity index (χ2n) is 5.51. The summed E-state index contributed by atoms with van der Waals surface area (Å²) >= 11 is 0. The van der Waals surface area contributed by atoms with Gasteiger partial charge in [-0.2, -0.15) is 0 Å². The van der Waals surface area contributed by atoms with Crippen LogP contribution in [0.4, 0.5) is 0 Å². The predicted octanol–water partition coefficient (Wildman–Crippen LogP) is 1.05. The van der Waals surface area contributed by atoms with Gasteiger partial charge in [0, 0.05) is 19.1 Å². The van der Waals surface area contributed by atoms with Crippen LogP contribution < -0.4 is 5.32 Å². The van der Waals surface area contributed by atoms with Gasteiger partial charge >= 0.3 is 0 Å². The van der Waals surface area contributed by atoms with E-state index in [9.17, 15) is 8.42 Å². The lowest BCUT2D eigenvalue weighted by Gasteiger charge is -2.36. The Bertz CT molecular complexity index is 352. The zero-order valence-corrected chi connectivity index (χ0v) is 11.7. The second-order valence-corrected chi connectivity index (χ2v) is 7.52. The fraction of sp³-hybridized carbons (Fsp3) is 1.00. The van der Waals surface area contributed by atoms with Gasteiger partial charge < -0.3 is 5.32 Å². The molecule has 1 aliphatic heterocycles. The van der Waals surface area contributed by atoms with Crippen LogP contribution in [-0.2, 0) is 10.0 Å². The van der Waals surface area contributed by atoms with E-state index in [4.69, 9.17) is 0 Å². The molecular weight excluding hydrogens is 236 g/mol. The lowest BCUT2D eigenvalue weighted by atomic mass is 9.95. The summed E-state index contributed by atoms with van der Waals surface area (Å²) in [5, 5.41) is 3.44. The van der Waals surface area contributed by atoms with Crippen molar-refractivity contribution in [3.63, 3.8) is 0 Å². The van der Waals surface area contributed by atoms with Gasteiger partial charge in [-0.15, -0.1) is 0 Å². The van der Waals surface area contributed by atoms with Crippen LogP contribution in [0.1, 0.15) is 33.1 Å². The Labute approximate surface area is 105 Å². The molecule has 4 nitrogen and oxygen atoms in total. The van der Waals surface area contributed by atoms with Crippen LogP contribution in [-0.4, -0.2) is 44.2 Å². The summed E-state index contributed by atoms with van der Waals surface area (Å²) in [6, 6.07) is 0.479. The maximum absolute atomic E-state index is 12.2. The van der Waals surface area contributed by atoms with E-state index in [1.807, 2.05) is 0 Å². The van der Waals surface area contributed by atoms with Gasteiger partial charge in [0.05, 0.1) is 5.75 Å². The highest BCUT2D eigenvalue weighted by atomic mass is 32.2. The van der Waals surface area contributed by atoms with Crippen molar-refractivity contribution in [1.29, 1.82) is 0 Å². The standard InChI is InChI=1S/C12H24N2O2S/c1-3-13-12-6-7-14(8-10(12)2)17(15,16)9-11-4-5-11/h10-13H,3-9H2,1-2H3. The molecule has 0 bridgehead atoms. The lowest BCUT2D eigenvalue weighted by Crippen LogP contribution is -2.50. The molecule has 0 radical (unpaired) electrons. The predicted molar refractivity (Wildman–Crippen MR) is 69.3 cm³/mol. The van der Waals surface area contributed by atoms with Crippen LogP contribution in [0.3, 0.4) is 0 Å². The number of rotatable bonds is 5. The molecule has 2 aliphatic rings. The molecule has 0 spiro atoms. The van der Waals surface area contributed by atoms with Gasteiger partial charge in [0.25, 0.3) is 0 Å². The molecule has 2 unspecified atom stereocenters. The Balaban J connectivity index is 1.91. The number of hydrogen-bond donors (Lipinski definition) is 1. The van der Waals surface area contributed by atoms with Gasteiger partial charge in [0.2, 0.25) is 10.0 Å². The van der Waals surface area contributed by atoms with Crippen molar-refractivity contribution in [1.82, 2.24) is 9.62 Å². The number of sulfonamides is 1. The molecular formula is C12H24N2O2S. The van der Waals surface area contributed by atoms with E-state index in [0.717, 1.165) is 25.8 Å². The fourth-order valence-corrected chi connectivity index (χ4v) is 4.60. The van der Waals surface area contributed by atoms with Gasteiger partial charge in [-0.3, -0.25) is 0 Å². The highest BCUT2D eigenvalue weighted by Gasteiger charge is 2.35. The van der Waals surface area contributed by atoms with Crippen molar-refractivity contribution in [2.24, 2.45) is 11.8 Å². The molecule has 1 N–H and O–H groups in total. The summed E-state index contributed by atoms with van der Waals surface area (Å²) in [4.78, 5) is 0. The molecule has 2 atom stereocenters. The van der Waals surface area contributed by atoms with E-state index < -0.39 is 10.0 Å². The molecule has 0 aromatic rings. The van der Waals surface area contributed by atoms with Crippen LogP contribution in [0.25, 0.3) is 0 Å². The minimum atomic E-state index is -2.99. The first-order valence-electron chi connectivity index (χ1n) is 6.74. The molecule has 0 amide bonds. The molecule has 2 rings (SSSR count). The van der Waals surface area contributed by atoms with Crippen molar-refractivity contribution in [2.45, 2.75) is 39.2 Å². The Kier molecular flexibility index (Phi) is 4.10. The zero-order chi connectivity index (χ0) is 12.5. The highest BCUT2D eigenvalue weighted by Crippen LogP contribution is 2.32. The fourth-order valence-electron chi connectivity index (χ4n) is 2.61. The average Bonchev–Trinajstić information content (AvgIpc) is 3.04. The number of nitrogens with zero attached hydrogens (tertiary/aromatic N) is 1. The number of nitrogens with one attached hydrogen (secondary N) is 1. The molecule has 0 aromatic carbocycles. The van der Waals surface area contributed by atoms with E-state index in [1.54, 1.807) is 4.31 Å². The highest BCUT2D eigenvalue weighted by molar-refractivity contribution is 7.89. The summed E-state index contributed by atoms with van der Waals surface area (Å²) in [5.41, 5.74) is 0. The van der Waals surface area contributed by atoms with Crippen LogP contribution in [0.15, 0.2) is 0 Å². The maximum Gasteiger partial charge on any atom is 0.214 e. The first-order chi connectivity index (χ1) is 8.03. The Hall–Kier alpha value is -0.130. The lowest BCUT2D eigenvalue weighted by molar-refractivity contribution is 0.222. The van der Waals surface area contributed by atoms with E-state index in [1.165, 1.54) is 0 Å². The van der Waals surface area contributed by atoms with Crippen molar-refractivity contribution in [3.05, 3.63) is 0 Å². The third-order valence-corrected chi connectivity index (χ3v) is 5.88. The maximum atomic E-state index is 12.2. The van der Waals surface area contributed by atoms with Crippen LogP contribution in [0.2, 0.25) is 0 Å². The summed E-state index contributed by atoms with van der Waals surface area (Å²) < 4.78 is 26.0. The van der Waals surface area contributed by atoms with Crippen LogP contribution >= 0.6 is 0 Å². The second kappa shape index (κ2) is 5.24. The Morgan fingerprint density at radius 1 is 1.29 bits per heavy atom. The minimum Gasteiger partial charge on any atom is -0.314 e. The molecule has 1 saturated carbocycles. The molecule has 1 heterocycles.